The fourth-order valence-corrected chi connectivity index (χ4v) is 0.991. The molecule has 0 aliphatic carbocycles. The minimum Gasteiger partial charge on any atom is -0.459 e. The highest BCUT2D eigenvalue weighted by Crippen LogP contribution is 2.08. The molecule has 0 saturated heterocycles. The maximum atomic E-state index is 10.8. The monoisotopic (exact) mass is 218 g/mol. The Labute approximate surface area is 92.6 Å². The van der Waals surface area contributed by atoms with Crippen LogP contribution in [0.15, 0.2) is 24.3 Å². The van der Waals surface area contributed by atoms with E-state index in [1.807, 2.05) is 0 Å². The summed E-state index contributed by atoms with van der Waals surface area (Å²) in [6, 6.07) is 5.99. The van der Waals surface area contributed by atoms with Crippen LogP contribution in [0.25, 0.3) is 0 Å². The number of anilines is 1. The van der Waals surface area contributed by atoms with Crippen molar-refractivity contribution in [3.63, 3.8) is 0 Å². The van der Waals surface area contributed by atoms with Gasteiger partial charge in [-0.25, -0.2) is 9.59 Å². The summed E-state index contributed by atoms with van der Waals surface area (Å²) in [6.07, 6.45) is 0. The summed E-state index contributed by atoms with van der Waals surface area (Å²) in [4.78, 5) is 21.4. The number of carbonyl (C=O) groups excluding carboxylic acids is 2. The van der Waals surface area contributed by atoms with Gasteiger partial charge < -0.3 is 15.8 Å². The zero-order valence-corrected chi connectivity index (χ0v) is 8.61. The third-order valence-corrected chi connectivity index (χ3v) is 1.62. The van der Waals surface area contributed by atoms with E-state index in [9.17, 15) is 9.59 Å². The number of benzene rings is 1. The summed E-state index contributed by atoms with van der Waals surface area (Å²) in [5.41, 5.74) is 6.06. The average molecular weight is 218 g/mol. The highest BCUT2D eigenvalue weighted by Gasteiger charge is 1.96. The van der Waals surface area contributed by atoms with E-state index >= 15 is 0 Å². The lowest BCUT2D eigenvalue weighted by Gasteiger charge is -2.00. The van der Waals surface area contributed by atoms with Crippen molar-refractivity contribution in [2.45, 2.75) is 0 Å². The van der Waals surface area contributed by atoms with Crippen LogP contribution in [0.5, 0.6) is 0 Å². The third-order valence-electron chi connectivity index (χ3n) is 1.62. The zero-order valence-electron chi connectivity index (χ0n) is 8.61. The number of esters is 1. The Morgan fingerprint density at radius 3 is 2.81 bits per heavy atom. The third kappa shape index (κ3) is 3.72. The van der Waals surface area contributed by atoms with Gasteiger partial charge in [0.05, 0.1) is 7.11 Å². The topological polar surface area (TPSA) is 81.4 Å². The van der Waals surface area contributed by atoms with Crippen molar-refractivity contribution >= 4 is 17.7 Å². The van der Waals surface area contributed by atoms with Crippen LogP contribution in [0, 0.1) is 11.8 Å². The molecule has 0 atom stereocenters. The molecule has 5 heteroatoms. The molecule has 0 fully saturated rings. The Morgan fingerprint density at radius 1 is 1.44 bits per heavy atom. The van der Waals surface area contributed by atoms with Crippen molar-refractivity contribution in [1.29, 1.82) is 0 Å². The van der Waals surface area contributed by atoms with E-state index in [2.05, 4.69) is 21.9 Å². The summed E-state index contributed by atoms with van der Waals surface area (Å²) in [6.45, 7) is 0. The van der Waals surface area contributed by atoms with Crippen LogP contribution in [0.4, 0.5) is 10.5 Å². The lowest BCUT2D eigenvalue weighted by atomic mass is 10.2. The van der Waals surface area contributed by atoms with Crippen LogP contribution in [0.2, 0.25) is 0 Å². The molecule has 1 aromatic rings. The molecule has 0 saturated carbocycles. The Bertz CT molecular complexity index is 472. The fourth-order valence-electron chi connectivity index (χ4n) is 0.991. The van der Waals surface area contributed by atoms with Gasteiger partial charge in [-0.1, -0.05) is 12.0 Å². The molecule has 0 aliphatic rings. The first-order chi connectivity index (χ1) is 7.61. The molecule has 0 unspecified atom stereocenters. The van der Waals surface area contributed by atoms with Crippen molar-refractivity contribution in [1.82, 2.24) is 0 Å². The second kappa shape index (κ2) is 5.41. The van der Waals surface area contributed by atoms with Crippen LogP contribution in [0.3, 0.4) is 0 Å². The SMILES string of the molecule is COC(=O)C#Cc1cccc(NC(N)=O)c1. The Kier molecular flexibility index (Phi) is 3.92. The second-order valence-electron chi connectivity index (χ2n) is 2.81. The molecule has 0 spiro atoms. The number of hydrogen-bond donors (Lipinski definition) is 2. The summed E-state index contributed by atoms with van der Waals surface area (Å²) in [5.74, 6) is 4.25. The molecule has 2 amide bonds. The molecule has 16 heavy (non-hydrogen) atoms. The van der Waals surface area contributed by atoms with Gasteiger partial charge in [-0.05, 0) is 18.2 Å². The van der Waals surface area contributed by atoms with Gasteiger partial charge in [0.25, 0.3) is 0 Å². The van der Waals surface area contributed by atoms with Gasteiger partial charge in [-0.2, -0.15) is 0 Å². The van der Waals surface area contributed by atoms with Gasteiger partial charge in [0.15, 0.2) is 0 Å². The molecule has 1 rings (SSSR count). The summed E-state index contributed by atoms with van der Waals surface area (Å²) < 4.78 is 4.36. The highest BCUT2D eigenvalue weighted by molar-refractivity contribution is 5.90. The number of ether oxygens (including phenoxy) is 1. The van der Waals surface area contributed by atoms with Crippen molar-refractivity contribution in [3.05, 3.63) is 29.8 Å². The molecular formula is C11H10N2O3. The first-order valence-electron chi connectivity index (χ1n) is 4.38. The van der Waals surface area contributed by atoms with E-state index in [-0.39, 0.29) is 0 Å². The van der Waals surface area contributed by atoms with E-state index in [0.717, 1.165) is 0 Å². The van der Waals surface area contributed by atoms with Gasteiger partial charge in [-0.3, -0.25) is 0 Å². The average Bonchev–Trinajstić information content (AvgIpc) is 2.25. The molecular weight excluding hydrogens is 208 g/mol. The lowest BCUT2D eigenvalue weighted by molar-refractivity contribution is -0.133. The predicted molar refractivity (Wildman–Crippen MR) is 58.5 cm³/mol. The van der Waals surface area contributed by atoms with Crippen molar-refractivity contribution < 1.29 is 14.3 Å². The Hall–Kier alpha value is -2.48. The van der Waals surface area contributed by atoms with E-state index in [1.54, 1.807) is 24.3 Å². The van der Waals surface area contributed by atoms with Crippen LogP contribution in [-0.2, 0) is 9.53 Å². The molecule has 0 bridgehead atoms. The molecule has 82 valence electrons. The normalized spacial score (nSPS) is 8.56. The standard InChI is InChI=1S/C11H10N2O3/c1-16-10(14)6-5-8-3-2-4-9(7-8)13-11(12)15/h2-4,7H,1H3,(H3,12,13,15). The van der Waals surface area contributed by atoms with Crippen molar-refractivity contribution in [2.75, 3.05) is 12.4 Å². The van der Waals surface area contributed by atoms with E-state index < -0.39 is 12.0 Å². The molecule has 5 nitrogen and oxygen atoms in total. The van der Waals surface area contributed by atoms with E-state index in [0.29, 0.717) is 11.3 Å². The number of hydrogen-bond acceptors (Lipinski definition) is 3. The minimum absolute atomic E-state index is 0.518. The van der Waals surface area contributed by atoms with Crippen molar-refractivity contribution in [3.8, 4) is 11.8 Å². The summed E-state index contributed by atoms with van der Waals surface area (Å²) >= 11 is 0. The van der Waals surface area contributed by atoms with Gasteiger partial charge in [-0.15, -0.1) is 0 Å². The maximum Gasteiger partial charge on any atom is 0.384 e. The summed E-state index contributed by atoms with van der Waals surface area (Å²) in [5, 5.41) is 2.40. The number of nitrogens with one attached hydrogen (secondary N) is 1. The maximum absolute atomic E-state index is 10.8. The first-order valence-corrected chi connectivity index (χ1v) is 4.38. The van der Waals surface area contributed by atoms with Gasteiger partial charge in [0.2, 0.25) is 0 Å². The molecule has 0 heterocycles. The number of primary amides is 1. The molecule has 0 radical (unpaired) electrons. The fraction of sp³-hybridized carbons (Fsp3) is 0.0909. The highest BCUT2D eigenvalue weighted by atomic mass is 16.5. The smallest absolute Gasteiger partial charge is 0.384 e. The van der Waals surface area contributed by atoms with Gasteiger partial charge in [0.1, 0.15) is 0 Å². The molecule has 0 aromatic heterocycles. The Morgan fingerprint density at radius 2 is 2.19 bits per heavy atom. The van der Waals surface area contributed by atoms with Gasteiger partial charge >= 0.3 is 12.0 Å². The number of carbonyl (C=O) groups is 2. The van der Waals surface area contributed by atoms with Crippen LogP contribution < -0.4 is 11.1 Å². The zero-order chi connectivity index (χ0) is 12.0. The minimum atomic E-state index is -0.655. The number of urea groups is 1. The number of nitrogens with two attached hydrogens (primary N) is 1. The van der Waals surface area contributed by atoms with E-state index in [1.165, 1.54) is 7.11 Å². The lowest BCUT2D eigenvalue weighted by Crippen LogP contribution is -2.19. The summed E-state index contributed by atoms with van der Waals surface area (Å²) in [7, 11) is 1.25. The largest absolute Gasteiger partial charge is 0.459 e. The van der Waals surface area contributed by atoms with Gasteiger partial charge in [0, 0.05) is 17.2 Å². The first kappa shape index (κ1) is 11.6. The second-order valence-corrected chi connectivity index (χ2v) is 2.81. The molecule has 0 aliphatic heterocycles. The van der Waals surface area contributed by atoms with E-state index in [4.69, 9.17) is 5.73 Å². The van der Waals surface area contributed by atoms with Crippen molar-refractivity contribution in [2.24, 2.45) is 5.73 Å². The number of methoxy groups -OCH3 is 1. The predicted octanol–water partition coefficient (Wildman–Crippen LogP) is 0.702. The van der Waals surface area contributed by atoms with Crippen LogP contribution in [0.1, 0.15) is 5.56 Å². The number of rotatable bonds is 1. The van der Waals surface area contributed by atoms with Crippen LogP contribution in [-0.4, -0.2) is 19.1 Å². The Balaban J connectivity index is 2.85. The molecule has 1 aromatic carbocycles. The molecule has 3 N–H and O–H groups in total. The number of amides is 2. The quantitative estimate of drug-likeness (QED) is 0.537. The van der Waals surface area contributed by atoms with Crippen LogP contribution >= 0.6 is 0 Å².